The molecule has 9 nitrogen and oxygen atoms in total. The molecule has 0 radical (unpaired) electrons. The molecule has 1 aromatic rings. The Bertz CT molecular complexity index is 671. The molecule has 1 saturated heterocycles. The third-order valence-corrected chi connectivity index (χ3v) is 6.16. The van der Waals surface area contributed by atoms with Crippen LogP contribution >= 0.6 is 11.3 Å². The van der Waals surface area contributed by atoms with Crippen LogP contribution in [0.1, 0.15) is 13.8 Å². The Morgan fingerprint density at radius 2 is 2.05 bits per heavy atom. The molecule has 1 aliphatic rings. The summed E-state index contributed by atoms with van der Waals surface area (Å²) in [5.74, 6) is -2.41. The van der Waals surface area contributed by atoms with Gasteiger partial charge in [-0.05, 0) is 5.92 Å². The van der Waals surface area contributed by atoms with Gasteiger partial charge in [0.05, 0.1) is 5.92 Å². The van der Waals surface area contributed by atoms with Gasteiger partial charge in [-0.3, -0.25) is 9.59 Å². The first-order valence-corrected chi connectivity index (χ1v) is 8.31. The van der Waals surface area contributed by atoms with Crippen molar-refractivity contribution in [2.75, 3.05) is 18.4 Å². The van der Waals surface area contributed by atoms with E-state index in [0.29, 0.717) is 0 Å². The van der Waals surface area contributed by atoms with Crippen molar-refractivity contribution in [1.29, 1.82) is 0 Å². The number of nitrogens with one attached hydrogen (secondary N) is 1. The maximum absolute atomic E-state index is 12.4. The van der Waals surface area contributed by atoms with Crippen molar-refractivity contribution >= 4 is 38.4 Å². The Balaban J connectivity index is 2.21. The fourth-order valence-electron chi connectivity index (χ4n) is 2.07. The van der Waals surface area contributed by atoms with E-state index in [0.717, 1.165) is 15.6 Å². The van der Waals surface area contributed by atoms with Crippen LogP contribution in [0.3, 0.4) is 0 Å². The molecular formula is C10H14N4O5S2. The molecule has 1 aromatic heterocycles. The normalized spacial score (nSPS) is 23.1. The number of carbonyl (C=O) groups is 2. The summed E-state index contributed by atoms with van der Waals surface area (Å²) in [4.78, 5) is 21.9. The molecule has 2 rings (SSSR count). The maximum Gasteiger partial charge on any atom is 0.308 e. The lowest BCUT2D eigenvalue weighted by atomic mass is 9.99. The van der Waals surface area contributed by atoms with Gasteiger partial charge in [0.25, 0.3) is 10.0 Å². The Kier molecular flexibility index (Phi) is 4.25. The molecule has 1 fully saturated rings. The number of anilines is 1. The van der Waals surface area contributed by atoms with Crippen molar-refractivity contribution in [1.82, 2.24) is 14.5 Å². The summed E-state index contributed by atoms with van der Waals surface area (Å²) >= 11 is 0.735. The molecule has 1 aliphatic heterocycles. The standard InChI is InChI=1S/C10H14N4O5S2/c1-5-3-14(4-7(5)8(16)17)21(18,19)10-13-12-9(20-10)11-6(2)15/h5,7H,3-4H2,1-2H3,(H,16,17)(H,11,12,15)/t5-,7-/m1/s1. The first-order valence-electron chi connectivity index (χ1n) is 6.06. The fraction of sp³-hybridized carbons (Fsp3) is 0.600. The third kappa shape index (κ3) is 3.19. The van der Waals surface area contributed by atoms with Gasteiger partial charge in [-0.25, -0.2) is 8.42 Å². The van der Waals surface area contributed by atoms with Crippen molar-refractivity contribution in [2.24, 2.45) is 11.8 Å². The molecule has 0 unspecified atom stereocenters. The topological polar surface area (TPSA) is 130 Å². The average molecular weight is 334 g/mol. The Morgan fingerprint density at radius 1 is 1.38 bits per heavy atom. The number of aromatic nitrogens is 2. The first-order chi connectivity index (χ1) is 9.71. The van der Waals surface area contributed by atoms with E-state index in [1.165, 1.54) is 6.92 Å². The number of hydrogen-bond acceptors (Lipinski definition) is 7. The predicted molar refractivity (Wildman–Crippen MR) is 73.3 cm³/mol. The number of hydrogen-bond donors (Lipinski definition) is 2. The minimum atomic E-state index is -3.89. The van der Waals surface area contributed by atoms with Crippen molar-refractivity contribution in [3.63, 3.8) is 0 Å². The Morgan fingerprint density at radius 3 is 2.57 bits per heavy atom. The van der Waals surface area contributed by atoms with E-state index in [4.69, 9.17) is 5.11 Å². The van der Waals surface area contributed by atoms with Crippen molar-refractivity contribution < 1.29 is 23.1 Å². The Labute approximate surface area is 125 Å². The molecule has 0 aliphatic carbocycles. The summed E-state index contributed by atoms with van der Waals surface area (Å²) in [5.41, 5.74) is 0. The van der Waals surface area contributed by atoms with E-state index < -0.39 is 21.9 Å². The monoisotopic (exact) mass is 334 g/mol. The highest BCUT2D eigenvalue weighted by Crippen LogP contribution is 2.30. The zero-order valence-electron chi connectivity index (χ0n) is 11.3. The number of carbonyl (C=O) groups excluding carboxylic acids is 1. The minimum absolute atomic E-state index is 0.0862. The predicted octanol–water partition coefficient (Wildman–Crippen LogP) is -0.162. The van der Waals surface area contributed by atoms with Crippen LogP contribution in [0.4, 0.5) is 5.13 Å². The summed E-state index contributed by atoms with van der Waals surface area (Å²) in [7, 11) is -3.89. The molecule has 116 valence electrons. The van der Waals surface area contributed by atoms with Crippen LogP contribution in [0.5, 0.6) is 0 Å². The molecule has 11 heteroatoms. The molecule has 2 heterocycles. The van der Waals surface area contributed by atoms with Crippen LogP contribution in [0.25, 0.3) is 0 Å². The van der Waals surface area contributed by atoms with Crippen LogP contribution in [0, 0.1) is 11.8 Å². The number of amides is 1. The molecule has 1 amide bonds. The van der Waals surface area contributed by atoms with Gasteiger partial charge in [0.1, 0.15) is 0 Å². The molecule has 0 spiro atoms. The molecule has 0 bridgehead atoms. The summed E-state index contributed by atoms with van der Waals surface area (Å²) in [5, 5.41) is 18.6. The van der Waals surface area contributed by atoms with E-state index >= 15 is 0 Å². The Hall–Kier alpha value is -1.59. The van der Waals surface area contributed by atoms with Gasteiger partial charge in [0, 0.05) is 20.0 Å². The quantitative estimate of drug-likeness (QED) is 0.732. The third-order valence-electron chi connectivity index (χ3n) is 3.15. The van der Waals surface area contributed by atoms with E-state index in [9.17, 15) is 18.0 Å². The second-order valence-electron chi connectivity index (χ2n) is 4.80. The summed E-state index contributed by atoms with van der Waals surface area (Å²) in [6.45, 7) is 2.99. The highest BCUT2D eigenvalue weighted by Gasteiger charge is 2.42. The lowest BCUT2D eigenvalue weighted by Gasteiger charge is -2.12. The van der Waals surface area contributed by atoms with E-state index in [1.54, 1.807) is 6.92 Å². The lowest BCUT2D eigenvalue weighted by molar-refractivity contribution is -0.142. The zero-order chi connectivity index (χ0) is 15.8. The van der Waals surface area contributed by atoms with Gasteiger partial charge in [-0.2, -0.15) is 4.31 Å². The molecule has 2 atom stereocenters. The highest BCUT2D eigenvalue weighted by molar-refractivity contribution is 7.91. The van der Waals surface area contributed by atoms with Gasteiger partial charge in [0.15, 0.2) is 0 Å². The summed E-state index contributed by atoms with van der Waals surface area (Å²) < 4.78 is 25.6. The van der Waals surface area contributed by atoms with Gasteiger partial charge >= 0.3 is 5.97 Å². The number of rotatable bonds is 4. The zero-order valence-corrected chi connectivity index (χ0v) is 12.9. The number of sulfonamides is 1. The first kappa shape index (κ1) is 15.8. The second kappa shape index (κ2) is 5.66. The van der Waals surface area contributed by atoms with Gasteiger partial charge in [-0.1, -0.05) is 18.3 Å². The second-order valence-corrected chi connectivity index (χ2v) is 7.89. The van der Waals surface area contributed by atoms with Crippen LogP contribution in [-0.2, 0) is 19.6 Å². The number of carboxylic acids is 1. The molecule has 21 heavy (non-hydrogen) atoms. The molecule has 0 aromatic carbocycles. The van der Waals surface area contributed by atoms with E-state index in [-0.39, 0.29) is 34.4 Å². The summed E-state index contributed by atoms with van der Waals surface area (Å²) in [6.07, 6.45) is 0. The minimum Gasteiger partial charge on any atom is -0.481 e. The number of aliphatic carboxylic acids is 1. The van der Waals surface area contributed by atoms with E-state index in [2.05, 4.69) is 15.5 Å². The van der Waals surface area contributed by atoms with Gasteiger partial charge in [-0.15, -0.1) is 10.2 Å². The maximum atomic E-state index is 12.4. The fourth-order valence-corrected chi connectivity index (χ4v) is 4.72. The highest BCUT2D eigenvalue weighted by atomic mass is 32.2. The average Bonchev–Trinajstić information content (AvgIpc) is 2.95. The van der Waals surface area contributed by atoms with Gasteiger partial charge in [0.2, 0.25) is 15.4 Å². The molecule has 2 N–H and O–H groups in total. The molecular weight excluding hydrogens is 320 g/mol. The van der Waals surface area contributed by atoms with E-state index in [1.807, 2.05) is 0 Å². The lowest BCUT2D eigenvalue weighted by Crippen LogP contribution is -2.30. The van der Waals surface area contributed by atoms with Crippen LogP contribution in [0.15, 0.2) is 4.34 Å². The van der Waals surface area contributed by atoms with Gasteiger partial charge < -0.3 is 10.4 Å². The van der Waals surface area contributed by atoms with Crippen LogP contribution < -0.4 is 5.32 Å². The SMILES string of the molecule is CC(=O)Nc1nnc(S(=O)(=O)N2C[C@@H](C)[C@H](C(=O)O)C2)s1. The summed E-state index contributed by atoms with van der Waals surface area (Å²) in [6, 6.07) is 0. The number of nitrogens with zero attached hydrogens (tertiary/aromatic N) is 3. The van der Waals surface area contributed by atoms with Crippen LogP contribution in [0.2, 0.25) is 0 Å². The largest absolute Gasteiger partial charge is 0.481 e. The number of carboxylic acid groups (broad SMARTS) is 1. The molecule has 0 saturated carbocycles. The van der Waals surface area contributed by atoms with Crippen molar-refractivity contribution in [3.8, 4) is 0 Å². The van der Waals surface area contributed by atoms with Crippen LogP contribution in [-0.4, -0.2) is 53.0 Å². The van der Waals surface area contributed by atoms with Crippen molar-refractivity contribution in [3.05, 3.63) is 0 Å². The van der Waals surface area contributed by atoms with Crippen molar-refractivity contribution in [2.45, 2.75) is 18.2 Å². The smallest absolute Gasteiger partial charge is 0.308 e.